The molecule has 0 aliphatic rings. The maximum atomic E-state index is 10.3. The third-order valence-electron chi connectivity index (χ3n) is 3.31. The molecule has 21 heavy (non-hydrogen) atoms. The van der Waals surface area contributed by atoms with Gasteiger partial charge in [0, 0.05) is 6.20 Å². The first-order valence-corrected chi connectivity index (χ1v) is 7.14. The molecule has 0 amide bonds. The van der Waals surface area contributed by atoms with Gasteiger partial charge in [0.15, 0.2) is 0 Å². The summed E-state index contributed by atoms with van der Waals surface area (Å²) >= 11 is 0. The Kier molecular flexibility index (Phi) is 5.71. The number of aryl methyl sites for hydroxylation is 1. The van der Waals surface area contributed by atoms with E-state index >= 15 is 0 Å². The first-order chi connectivity index (χ1) is 10.2. The molecule has 114 valence electrons. The van der Waals surface area contributed by atoms with Crippen LogP contribution in [-0.2, 0) is 13.0 Å². The fourth-order valence-electron chi connectivity index (χ4n) is 2.12. The Morgan fingerprint density at radius 3 is 3.00 bits per heavy atom. The highest BCUT2D eigenvalue weighted by Crippen LogP contribution is 2.20. The topological polar surface area (TPSA) is 86.2 Å². The van der Waals surface area contributed by atoms with Crippen LogP contribution in [0.2, 0.25) is 0 Å². The Hall–Kier alpha value is -1.92. The minimum atomic E-state index is -0.640. The fraction of sp³-hybridized carbons (Fsp3) is 0.467. The number of aliphatic hydroxyl groups is 1. The molecule has 0 radical (unpaired) electrons. The first kappa shape index (κ1) is 15.5. The van der Waals surface area contributed by atoms with E-state index in [2.05, 4.69) is 10.3 Å². The third-order valence-corrected chi connectivity index (χ3v) is 3.31. The molecule has 0 fully saturated rings. The summed E-state index contributed by atoms with van der Waals surface area (Å²) in [6.07, 6.45) is 4.10. The third kappa shape index (κ3) is 4.54. The van der Waals surface area contributed by atoms with Gasteiger partial charge in [0.05, 0.1) is 25.5 Å². The summed E-state index contributed by atoms with van der Waals surface area (Å²) in [7, 11) is 1.61. The molecule has 1 aromatic carbocycles. The molecular formula is C15H22N4O2. The number of nitrogens with two attached hydrogens (primary N) is 1. The van der Waals surface area contributed by atoms with Gasteiger partial charge < -0.3 is 15.6 Å². The number of hydrogen-bond donors (Lipinski definition) is 2. The van der Waals surface area contributed by atoms with Gasteiger partial charge in [-0.1, -0.05) is 17.3 Å². The molecule has 0 spiro atoms. The van der Waals surface area contributed by atoms with E-state index in [1.165, 1.54) is 0 Å². The minimum Gasteiger partial charge on any atom is -0.497 e. The van der Waals surface area contributed by atoms with Gasteiger partial charge >= 0.3 is 0 Å². The van der Waals surface area contributed by atoms with Crippen LogP contribution in [0.5, 0.6) is 5.75 Å². The van der Waals surface area contributed by atoms with Crippen molar-refractivity contribution in [2.24, 2.45) is 5.73 Å². The van der Waals surface area contributed by atoms with Crippen LogP contribution in [0.25, 0.3) is 0 Å². The van der Waals surface area contributed by atoms with Crippen molar-refractivity contribution < 1.29 is 9.84 Å². The first-order valence-electron chi connectivity index (χ1n) is 7.14. The maximum absolute atomic E-state index is 10.3. The van der Waals surface area contributed by atoms with Gasteiger partial charge in [-0.05, 0) is 43.5 Å². The van der Waals surface area contributed by atoms with E-state index in [1.807, 2.05) is 30.5 Å². The second-order valence-corrected chi connectivity index (χ2v) is 4.97. The van der Waals surface area contributed by atoms with Crippen LogP contribution >= 0.6 is 0 Å². The second kappa shape index (κ2) is 7.75. The lowest BCUT2D eigenvalue weighted by atomic mass is 10.1. The quantitative estimate of drug-likeness (QED) is 0.716. The van der Waals surface area contributed by atoms with E-state index in [9.17, 15) is 5.11 Å². The standard InChI is InChI=1S/C15H22N4O2/c1-21-14-7-4-5-12(9-14)15(20)11-19-10-13(17-18-19)6-2-3-8-16/h4-5,7,9-10,15,20H,2-3,6,8,11,16H2,1H3. The molecule has 0 bridgehead atoms. The molecule has 0 aliphatic heterocycles. The molecule has 2 aromatic rings. The van der Waals surface area contributed by atoms with Crippen LogP contribution < -0.4 is 10.5 Å². The van der Waals surface area contributed by atoms with Crippen LogP contribution in [0.4, 0.5) is 0 Å². The molecule has 1 aromatic heterocycles. The van der Waals surface area contributed by atoms with Crippen molar-refractivity contribution in [3.8, 4) is 5.75 Å². The Labute approximate surface area is 124 Å². The van der Waals surface area contributed by atoms with Crippen LogP contribution in [-0.4, -0.2) is 33.8 Å². The lowest BCUT2D eigenvalue weighted by Gasteiger charge is -2.11. The van der Waals surface area contributed by atoms with Crippen LogP contribution in [0.15, 0.2) is 30.5 Å². The van der Waals surface area contributed by atoms with Crippen LogP contribution in [0, 0.1) is 0 Å². The highest BCUT2D eigenvalue weighted by molar-refractivity contribution is 5.29. The van der Waals surface area contributed by atoms with E-state index in [0.29, 0.717) is 13.1 Å². The second-order valence-electron chi connectivity index (χ2n) is 4.97. The van der Waals surface area contributed by atoms with Crippen molar-refractivity contribution in [3.63, 3.8) is 0 Å². The zero-order chi connectivity index (χ0) is 15.1. The number of benzene rings is 1. The molecule has 0 saturated carbocycles. The maximum Gasteiger partial charge on any atom is 0.119 e. The van der Waals surface area contributed by atoms with Crippen molar-refractivity contribution in [2.75, 3.05) is 13.7 Å². The molecule has 0 saturated heterocycles. The van der Waals surface area contributed by atoms with Crippen molar-refractivity contribution >= 4 is 0 Å². The Bertz CT molecular complexity index is 556. The monoisotopic (exact) mass is 290 g/mol. The van der Waals surface area contributed by atoms with Gasteiger partial charge in [0.25, 0.3) is 0 Å². The summed E-state index contributed by atoms with van der Waals surface area (Å²) in [5, 5.41) is 18.4. The summed E-state index contributed by atoms with van der Waals surface area (Å²) in [5.41, 5.74) is 7.20. The molecule has 0 aliphatic carbocycles. The molecule has 2 rings (SSSR count). The number of unbranched alkanes of at least 4 members (excludes halogenated alkanes) is 1. The average Bonchev–Trinajstić information content (AvgIpc) is 2.95. The van der Waals surface area contributed by atoms with Crippen molar-refractivity contribution in [2.45, 2.75) is 31.9 Å². The van der Waals surface area contributed by atoms with E-state index in [0.717, 1.165) is 36.3 Å². The Balaban J connectivity index is 1.94. The summed E-state index contributed by atoms with van der Waals surface area (Å²) in [6.45, 7) is 1.07. The van der Waals surface area contributed by atoms with E-state index in [1.54, 1.807) is 11.8 Å². The molecule has 6 nitrogen and oxygen atoms in total. The zero-order valence-corrected chi connectivity index (χ0v) is 12.3. The van der Waals surface area contributed by atoms with Crippen molar-refractivity contribution in [3.05, 3.63) is 41.7 Å². The van der Waals surface area contributed by atoms with Gasteiger partial charge in [-0.2, -0.15) is 0 Å². The minimum absolute atomic E-state index is 0.372. The van der Waals surface area contributed by atoms with Gasteiger partial charge in [0.1, 0.15) is 5.75 Å². The van der Waals surface area contributed by atoms with Crippen LogP contribution in [0.3, 0.4) is 0 Å². The highest BCUT2D eigenvalue weighted by Gasteiger charge is 2.11. The van der Waals surface area contributed by atoms with E-state index in [-0.39, 0.29) is 0 Å². The molecule has 1 heterocycles. The summed E-state index contributed by atoms with van der Waals surface area (Å²) in [6, 6.07) is 7.40. The van der Waals surface area contributed by atoms with E-state index in [4.69, 9.17) is 10.5 Å². The van der Waals surface area contributed by atoms with Crippen molar-refractivity contribution in [1.29, 1.82) is 0 Å². The zero-order valence-electron chi connectivity index (χ0n) is 12.3. The van der Waals surface area contributed by atoms with Gasteiger partial charge in [-0.25, -0.2) is 4.68 Å². The Morgan fingerprint density at radius 1 is 1.38 bits per heavy atom. The number of nitrogens with zero attached hydrogens (tertiary/aromatic N) is 3. The van der Waals surface area contributed by atoms with E-state index < -0.39 is 6.10 Å². The lowest BCUT2D eigenvalue weighted by Crippen LogP contribution is -2.09. The molecule has 1 unspecified atom stereocenters. The lowest BCUT2D eigenvalue weighted by molar-refractivity contribution is 0.150. The normalized spacial score (nSPS) is 12.3. The number of ether oxygens (including phenoxy) is 1. The summed E-state index contributed by atoms with van der Waals surface area (Å²) in [5.74, 6) is 0.729. The summed E-state index contributed by atoms with van der Waals surface area (Å²) in [4.78, 5) is 0. The van der Waals surface area contributed by atoms with Crippen LogP contribution in [0.1, 0.15) is 30.2 Å². The SMILES string of the molecule is COc1cccc(C(O)Cn2cc(CCCCN)nn2)c1. The number of aliphatic hydroxyl groups excluding tert-OH is 1. The number of methoxy groups -OCH3 is 1. The Morgan fingerprint density at radius 2 is 2.24 bits per heavy atom. The molecule has 1 atom stereocenters. The van der Waals surface area contributed by atoms with Gasteiger partial charge in [-0.15, -0.1) is 5.10 Å². The predicted molar refractivity (Wildman–Crippen MR) is 80.0 cm³/mol. The highest BCUT2D eigenvalue weighted by atomic mass is 16.5. The fourth-order valence-corrected chi connectivity index (χ4v) is 2.12. The van der Waals surface area contributed by atoms with Gasteiger partial charge in [0.2, 0.25) is 0 Å². The van der Waals surface area contributed by atoms with Crippen molar-refractivity contribution in [1.82, 2.24) is 15.0 Å². The van der Waals surface area contributed by atoms with Gasteiger partial charge in [-0.3, -0.25) is 0 Å². The average molecular weight is 290 g/mol. The predicted octanol–water partition coefficient (Wildman–Crippen LogP) is 1.30. The number of aromatic nitrogens is 3. The molecular weight excluding hydrogens is 268 g/mol. The summed E-state index contributed by atoms with van der Waals surface area (Å²) < 4.78 is 6.83. The smallest absolute Gasteiger partial charge is 0.119 e. The number of hydrogen-bond acceptors (Lipinski definition) is 5. The number of rotatable bonds is 8. The largest absolute Gasteiger partial charge is 0.497 e. The molecule has 6 heteroatoms. The molecule has 3 N–H and O–H groups in total.